The molecule has 0 atom stereocenters. The molecule has 212 valence electrons. The number of benzene rings is 6. The van der Waals surface area contributed by atoms with Crippen molar-refractivity contribution in [2.45, 2.75) is 19.3 Å². The van der Waals surface area contributed by atoms with E-state index in [0.29, 0.717) is 5.95 Å². The average molecular weight is 594 g/mol. The standard InChI is InChI=1S/C41H27N3S/c1-41(2)31-18-7-3-12-24(31)26-16-11-17-30(37(26)41)38-28-14-4-8-19-32(28)42-40(43-38)44-33-20-9-5-13-25(33)27-22-23-35-36(39(27)44)29-15-6-10-21-34(29)45-35/h3-23H,1-2H3. The number of para-hydroxylation sites is 2. The predicted molar refractivity (Wildman–Crippen MR) is 190 cm³/mol. The third-order valence-electron chi connectivity index (χ3n) is 9.80. The van der Waals surface area contributed by atoms with Crippen LogP contribution in [-0.4, -0.2) is 14.5 Å². The normalized spacial score (nSPS) is 13.7. The highest BCUT2D eigenvalue weighted by Gasteiger charge is 2.38. The van der Waals surface area contributed by atoms with Crippen molar-refractivity contribution in [3.63, 3.8) is 0 Å². The molecule has 0 saturated heterocycles. The van der Waals surface area contributed by atoms with Gasteiger partial charge in [0.15, 0.2) is 0 Å². The van der Waals surface area contributed by atoms with Gasteiger partial charge in [-0.25, -0.2) is 9.97 Å². The topological polar surface area (TPSA) is 30.7 Å². The Labute approximate surface area is 264 Å². The summed E-state index contributed by atoms with van der Waals surface area (Å²) in [7, 11) is 0. The second-order valence-electron chi connectivity index (χ2n) is 12.6. The molecular weight excluding hydrogens is 567 g/mol. The van der Waals surface area contributed by atoms with E-state index in [1.165, 1.54) is 64.3 Å². The molecule has 0 bridgehead atoms. The second kappa shape index (κ2) is 8.87. The summed E-state index contributed by atoms with van der Waals surface area (Å²) in [5.74, 6) is 0.698. The van der Waals surface area contributed by atoms with Crippen LogP contribution in [0.1, 0.15) is 25.0 Å². The van der Waals surface area contributed by atoms with E-state index in [-0.39, 0.29) is 5.41 Å². The number of hydrogen-bond donors (Lipinski definition) is 0. The summed E-state index contributed by atoms with van der Waals surface area (Å²) in [6, 6.07) is 45.9. The minimum atomic E-state index is -0.163. The van der Waals surface area contributed by atoms with Crippen molar-refractivity contribution in [3.8, 4) is 28.3 Å². The summed E-state index contributed by atoms with van der Waals surface area (Å²) in [5, 5.41) is 6.03. The lowest BCUT2D eigenvalue weighted by Crippen LogP contribution is -2.16. The van der Waals surface area contributed by atoms with Crippen LogP contribution in [0.3, 0.4) is 0 Å². The van der Waals surface area contributed by atoms with Gasteiger partial charge in [0.2, 0.25) is 5.95 Å². The molecule has 0 N–H and O–H groups in total. The van der Waals surface area contributed by atoms with E-state index < -0.39 is 0 Å². The first-order valence-corrected chi connectivity index (χ1v) is 16.3. The first-order valence-electron chi connectivity index (χ1n) is 15.4. The van der Waals surface area contributed by atoms with Gasteiger partial charge in [0.25, 0.3) is 0 Å². The molecule has 4 heteroatoms. The van der Waals surface area contributed by atoms with Crippen molar-refractivity contribution in [3.05, 3.63) is 139 Å². The fourth-order valence-corrected chi connectivity index (χ4v) is 9.00. The molecular formula is C41H27N3S. The molecule has 10 rings (SSSR count). The monoisotopic (exact) mass is 593 g/mol. The van der Waals surface area contributed by atoms with Crippen LogP contribution >= 0.6 is 11.3 Å². The molecule has 0 fully saturated rings. The van der Waals surface area contributed by atoms with E-state index in [0.717, 1.165) is 22.1 Å². The molecule has 0 unspecified atom stereocenters. The Balaban J connectivity index is 1.35. The largest absolute Gasteiger partial charge is 0.277 e. The first kappa shape index (κ1) is 25.1. The zero-order valence-corrected chi connectivity index (χ0v) is 25.7. The van der Waals surface area contributed by atoms with Gasteiger partial charge in [-0.05, 0) is 46.5 Å². The molecule has 3 heterocycles. The third kappa shape index (κ3) is 3.29. The third-order valence-corrected chi connectivity index (χ3v) is 10.9. The number of fused-ring (bicyclic) bond motifs is 11. The van der Waals surface area contributed by atoms with Crippen molar-refractivity contribution in [2.24, 2.45) is 0 Å². The van der Waals surface area contributed by atoms with Gasteiger partial charge in [-0.2, -0.15) is 0 Å². The fraction of sp³-hybridized carbons (Fsp3) is 0.0732. The summed E-state index contributed by atoms with van der Waals surface area (Å²) >= 11 is 1.85. The lowest BCUT2D eigenvalue weighted by Gasteiger charge is -2.24. The van der Waals surface area contributed by atoms with Crippen LogP contribution < -0.4 is 0 Å². The molecule has 0 amide bonds. The zero-order valence-electron chi connectivity index (χ0n) is 24.9. The van der Waals surface area contributed by atoms with E-state index in [2.05, 4.69) is 146 Å². The summed E-state index contributed by atoms with van der Waals surface area (Å²) < 4.78 is 4.87. The Morgan fingerprint density at radius 1 is 0.556 bits per heavy atom. The smallest absolute Gasteiger partial charge is 0.235 e. The van der Waals surface area contributed by atoms with Crippen molar-refractivity contribution >= 4 is 64.2 Å². The highest BCUT2D eigenvalue weighted by atomic mass is 32.1. The summed E-state index contributed by atoms with van der Waals surface area (Å²) in [5.41, 5.74) is 10.5. The zero-order chi connectivity index (χ0) is 29.9. The van der Waals surface area contributed by atoms with Crippen molar-refractivity contribution in [1.29, 1.82) is 0 Å². The SMILES string of the molecule is CC1(C)c2ccccc2-c2cccc(-c3nc(-n4c5ccccc5c5ccc6sc7ccccc7c6c54)nc4ccccc34)c21. The van der Waals surface area contributed by atoms with E-state index >= 15 is 0 Å². The van der Waals surface area contributed by atoms with Gasteiger partial charge in [-0.3, -0.25) is 4.57 Å². The molecule has 0 spiro atoms. The van der Waals surface area contributed by atoms with E-state index in [1.54, 1.807) is 0 Å². The Bertz CT molecular complexity index is 2690. The maximum atomic E-state index is 5.55. The van der Waals surface area contributed by atoms with Crippen LogP contribution in [0.4, 0.5) is 0 Å². The highest BCUT2D eigenvalue weighted by Crippen LogP contribution is 2.52. The first-order chi connectivity index (χ1) is 22.1. The number of nitrogens with zero attached hydrogens (tertiary/aromatic N) is 3. The van der Waals surface area contributed by atoms with Crippen LogP contribution in [-0.2, 0) is 5.41 Å². The maximum Gasteiger partial charge on any atom is 0.235 e. The molecule has 3 nitrogen and oxygen atoms in total. The quantitative estimate of drug-likeness (QED) is 0.200. The molecule has 0 aliphatic heterocycles. The van der Waals surface area contributed by atoms with Gasteiger partial charge in [-0.15, -0.1) is 11.3 Å². The molecule has 1 aliphatic rings. The second-order valence-corrected chi connectivity index (χ2v) is 13.7. The Morgan fingerprint density at radius 2 is 1.27 bits per heavy atom. The Kier molecular flexibility index (Phi) is 4.94. The lowest BCUT2D eigenvalue weighted by molar-refractivity contribution is 0.662. The van der Waals surface area contributed by atoms with Crippen LogP contribution in [0.2, 0.25) is 0 Å². The fourth-order valence-electron chi connectivity index (χ4n) is 7.89. The lowest BCUT2D eigenvalue weighted by atomic mass is 9.79. The number of thiophene rings is 1. The maximum absolute atomic E-state index is 5.55. The van der Waals surface area contributed by atoms with Crippen LogP contribution in [0.15, 0.2) is 127 Å². The van der Waals surface area contributed by atoms with E-state index in [9.17, 15) is 0 Å². The number of aromatic nitrogens is 3. The van der Waals surface area contributed by atoms with Crippen LogP contribution in [0.5, 0.6) is 0 Å². The summed E-state index contributed by atoms with van der Waals surface area (Å²) in [4.78, 5) is 10.8. The predicted octanol–water partition coefficient (Wildman–Crippen LogP) is 11.1. The minimum absolute atomic E-state index is 0.163. The molecule has 9 aromatic rings. The van der Waals surface area contributed by atoms with Gasteiger partial charge in [0, 0.05) is 47.3 Å². The van der Waals surface area contributed by atoms with Gasteiger partial charge >= 0.3 is 0 Å². The molecule has 0 saturated carbocycles. The van der Waals surface area contributed by atoms with E-state index in [1.807, 2.05) is 11.3 Å². The van der Waals surface area contributed by atoms with Crippen molar-refractivity contribution in [2.75, 3.05) is 0 Å². The summed E-state index contributed by atoms with van der Waals surface area (Å²) in [6.07, 6.45) is 0. The molecule has 45 heavy (non-hydrogen) atoms. The van der Waals surface area contributed by atoms with Crippen molar-refractivity contribution in [1.82, 2.24) is 14.5 Å². The molecule has 6 aromatic carbocycles. The minimum Gasteiger partial charge on any atom is -0.277 e. The Hall–Kier alpha value is -5.32. The van der Waals surface area contributed by atoms with Gasteiger partial charge in [-0.1, -0.05) is 117 Å². The molecule has 1 aliphatic carbocycles. The van der Waals surface area contributed by atoms with Crippen LogP contribution in [0, 0.1) is 0 Å². The van der Waals surface area contributed by atoms with E-state index in [4.69, 9.17) is 9.97 Å². The molecule has 3 aromatic heterocycles. The van der Waals surface area contributed by atoms with Gasteiger partial charge in [0.05, 0.1) is 22.2 Å². The van der Waals surface area contributed by atoms with Gasteiger partial charge < -0.3 is 0 Å². The summed E-state index contributed by atoms with van der Waals surface area (Å²) in [6.45, 7) is 4.69. The van der Waals surface area contributed by atoms with Gasteiger partial charge in [0.1, 0.15) is 0 Å². The van der Waals surface area contributed by atoms with Crippen molar-refractivity contribution < 1.29 is 0 Å². The number of hydrogen-bond acceptors (Lipinski definition) is 3. The number of rotatable bonds is 2. The average Bonchev–Trinajstić information content (AvgIpc) is 3.70. The Morgan fingerprint density at radius 3 is 2.18 bits per heavy atom. The highest BCUT2D eigenvalue weighted by molar-refractivity contribution is 7.26. The molecule has 0 radical (unpaired) electrons. The van der Waals surface area contributed by atoms with Crippen LogP contribution in [0.25, 0.3) is 81.2 Å².